The summed E-state index contributed by atoms with van der Waals surface area (Å²) in [5, 5.41) is 3.13. The topological polar surface area (TPSA) is 78.1 Å². The Morgan fingerprint density at radius 3 is 2.77 bits per heavy atom. The molecule has 0 atom stereocenters. The summed E-state index contributed by atoms with van der Waals surface area (Å²) in [6.45, 7) is 2.30. The summed E-state index contributed by atoms with van der Waals surface area (Å²) in [5.74, 6) is -0.165. The lowest BCUT2D eigenvalue weighted by Gasteiger charge is -2.07. The van der Waals surface area contributed by atoms with Crippen molar-refractivity contribution in [2.45, 2.75) is 20.0 Å². The van der Waals surface area contributed by atoms with Gasteiger partial charge in [0, 0.05) is 12.1 Å². The maximum absolute atomic E-state index is 13.7. The molecule has 0 radical (unpaired) electrons. The fraction of sp³-hybridized carbons (Fsp3) is 0.278. The van der Waals surface area contributed by atoms with Gasteiger partial charge in [-0.25, -0.2) is 9.37 Å². The van der Waals surface area contributed by atoms with Crippen molar-refractivity contribution in [2.24, 2.45) is 0 Å². The molecule has 3 rings (SSSR count). The van der Waals surface area contributed by atoms with E-state index in [-0.39, 0.29) is 23.8 Å². The van der Waals surface area contributed by atoms with E-state index in [1.165, 1.54) is 17.4 Å². The van der Waals surface area contributed by atoms with Crippen LogP contribution in [-0.2, 0) is 13.1 Å². The van der Waals surface area contributed by atoms with Gasteiger partial charge in [0.1, 0.15) is 16.5 Å². The molecular weight excluding hydrogens is 355 g/mol. The average molecular weight is 374 g/mol. The molecule has 2 N–H and O–H groups in total. The third-order valence-corrected chi connectivity index (χ3v) is 5.10. The maximum Gasteiger partial charge on any atom is 0.261 e. The van der Waals surface area contributed by atoms with E-state index in [0.717, 1.165) is 0 Å². The Balaban J connectivity index is 1.89. The molecule has 8 heteroatoms. The molecule has 0 bridgehead atoms. The van der Waals surface area contributed by atoms with Crippen molar-refractivity contribution < 1.29 is 9.18 Å². The number of halogens is 1. The van der Waals surface area contributed by atoms with Gasteiger partial charge in [0.25, 0.3) is 11.5 Å². The third-order valence-electron chi connectivity index (χ3n) is 3.92. The van der Waals surface area contributed by atoms with Crippen molar-refractivity contribution in [1.82, 2.24) is 20.2 Å². The molecule has 26 heavy (non-hydrogen) atoms. The van der Waals surface area contributed by atoms with Crippen LogP contribution in [0, 0.1) is 12.7 Å². The molecule has 1 aromatic carbocycles. The number of carbonyl (C=O) groups excluding carboxylic acids is 1. The second-order valence-electron chi connectivity index (χ2n) is 6.26. The van der Waals surface area contributed by atoms with Crippen LogP contribution in [0.25, 0.3) is 10.2 Å². The number of H-pyrrole nitrogens is 1. The number of nitrogens with zero attached hydrogens (tertiary/aromatic N) is 2. The smallest absolute Gasteiger partial charge is 0.261 e. The number of aromatic amines is 1. The molecule has 6 nitrogen and oxygen atoms in total. The first kappa shape index (κ1) is 18.2. The van der Waals surface area contributed by atoms with Gasteiger partial charge < -0.3 is 15.2 Å². The zero-order chi connectivity index (χ0) is 18.8. The molecule has 0 saturated heterocycles. The molecule has 136 valence electrons. The fourth-order valence-electron chi connectivity index (χ4n) is 2.68. The number of rotatable bonds is 5. The maximum atomic E-state index is 13.7. The van der Waals surface area contributed by atoms with Gasteiger partial charge >= 0.3 is 0 Å². The van der Waals surface area contributed by atoms with Crippen molar-refractivity contribution in [3.63, 3.8) is 0 Å². The molecule has 0 unspecified atom stereocenters. The van der Waals surface area contributed by atoms with Crippen LogP contribution in [0.15, 0.2) is 29.1 Å². The lowest BCUT2D eigenvalue weighted by atomic mass is 10.2. The zero-order valence-electron chi connectivity index (χ0n) is 14.7. The molecule has 2 aromatic heterocycles. The first-order valence-corrected chi connectivity index (χ1v) is 8.87. The van der Waals surface area contributed by atoms with Crippen molar-refractivity contribution in [3.8, 4) is 0 Å². The van der Waals surface area contributed by atoms with Crippen LogP contribution in [0.1, 0.15) is 26.6 Å². The molecule has 0 aliphatic carbocycles. The van der Waals surface area contributed by atoms with E-state index in [9.17, 15) is 14.0 Å². The molecule has 0 aliphatic rings. The van der Waals surface area contributed by atoms with E-state index in [1.54, 1.807) is 25.1 Å². The minimum absolute atomic E-state index is 0.0782. The van der Waals surface area contributed by atoms with Gasteiger partial charge in [0.15, 0.2) is 0 Å². The lowest BCUT2D eigenvalue weighted by molar-refractivity contribution is 0.0954. The molecule has 0 saturated carbocycles. The van der Waals surface area contributed by atoms with Gasteiger partial charge in [0.05, 0.1) is 16.8 Å². The summed E-state index contributed by atoms with van der Waals surface area (Å²) < 4.78 is 13.7. The number of benzene rings is 1. The first-order chi connectivity index (χ1) is 12.4. The zero-order valence-corrected chi connectivity index (χ0v) is 15.5. The summed E-state index contributed by atoms with van der Waals surface area (Å²) >= 11 is 1.17. The van der Waals surface area contributed by atoms with Gasteiger partial charge in [-0.1, -0.05) is 18.2 Å². The summed E-state index contributed by atoms with van der Waals surface area (Å²) in [7, 11) is 3.76. The Morgan fingerprint density at radius 1 is 1.35 bits per heavy atom. The third kappa shape index (κ3) is 3.66. The lowest BCUT2D eigenvalue weighted by Crippen LogP contribution is -2.23. The predicted molar refractivity (Wildman–Crippen MR) is 99.9 cm³/mol. The normalized spacial score (nSPS) is 11.3. The number of nitrogens with one attached hydrogen (secondary N) is 2. The van der Waals surface area contributed by atoms with Crippen LogP contribution < -0.4 is 10.9 Å². The Morgan fingerprint density at radius 2 is 2.08 bits per heavy atom. The highest BCUT2D eigenvalue weighted by molar-refractivity contribution is 7.20. The highest BCUT2D eigenvalue weighted by Crippen LogP contribution is 2.27. The number of hydrogen-bond acceptors (Lipinski definition) is 5. The highest BCUT2D eigenvalue weighted by atomic mass is 32.1. The van der Waals surface area contributed by atoms with Crippen molar-refractivity contribution in [3.05, 3.63) is 62.3 Å². The first-order valence-electron chi connectivity index (χ1n) is 8.05. The summed E-state index contributed by atoms with van der Waals surface area (Å²) in [6, 6.07) is 6.28. The summed E-state index contributed by atoms with van der Waals surface area (Å²) in [6.07, 6.45) is 0. The quantitative estimate of drug-likeness (QED) is 0.719. The van der Waals surface area contributed by atoms with Crippen LogP contribution in [-0.4, -0.2) is 34.9 Å². The van der Waals surface area contributed by atoms with E-state index in [4.69, 9.17) is 0 Å². The van der Waals surface area contributed by atoms with Gasteiger partial charge in [-0.05, 0) is 32.6 Å². The monoisotopic (exact) mass is 374 g/mol. The van der Waals surface area contributed by atoms with E-state index in [0.29, 0.717) is 38.6 Å². The predicted octanol–water partition coefficient (Wildman–Crippen LogP) is 2.42. The number of amides is 1. The van der Waals surface area contributed by atoms with Crippen LogP contribution >= 0.6 is 11.3 Å². The van der Waals surface area contributed by atoms with Crippen LogP contribution in [0.5, 0.6) is 0 Å². The van der Waals surface area contributed by atoms with E-state index < -0.39 is 0 Å². The Labute approximate surface area is 153 Å². The van der Waals surface area contributed by atoms with Crippen LogP contribution in [0.4, 0.5) is 4.39 Å². The Bertz CT molecular complexity index is 1030. The summed E-state index contributed by atoms with van der Waals surface area (Å²) in [4.78, 5) is 34.9. The van der Waals surface area contributed by atoms with Gasteiger partial charge in [0.2, 0.25) is 0 Å². The van der Waals surface area contributed by atoms with Crippen molar-refractivity contribution >= 4 is 27.5 Å². The molecule has 0 aliphatic heterocycles. The van der Waals surface area contributed by atoms with E-state index in [2.05, 4.69) is 15.3 Å². The van der Waals surface area contributed by atoms with Crippen LogP contribution in [0.2, 0.25) is 0 Å². The van der Waals surface area contributed by atoms with Crippen molar-refractivity contribution in [1.29, 1.82) is 0 Å². The molecule has 0 spiro atoms. The SMILES string of the molecule is Cc1c(C(=O)NCc2ccccc2F)sc2nc(CN(C)C)[nH]c(=O)c12. The van der Waals surface area contributed by atoms with Crippen LogP contribution in [0.3, 0.4) is 0 Å². The van der Waals surface area contributed by atoms with Gasteiger partial charge in [-0.3, -0.25) is 9.59 Å². The molecule has 0 fully saturated rings. The molecular formula is C18H19FN4O2S. The largest absolute Gasteiger partial charge is 0.347 e. The Kier molecular flexibility index (Phi) is 5.15. The number of hydrogen-bond donors (Lipinski definition) is 2. The van der Waals surface area contributed by atoms with E-state index in [1.807, 2.05) is 19.0 Å². The van der Waals surface area contributed by atoms with E-state index >= 15 is 0 Å². The second-order valence-corrected chi connectivity index (χ2v) is 7.26. The second kappa shape index (κ2) is 7.35. The standard InChI is InChI=1S/C18H19FN4O2S/c1-10-14-16(24)21-13(9-23(2)3)22-18(14)26-15(10)17(25)20-8-11-6-4-5-7-12(11)19/h4-7H,8-9H2,1-3H3,(H,20,25)(H,21,22,24). The molecule has 2 heterocycles. The van der Waals surface area contributed by atoms with Gasteiger partial charge in [-0.15, -0.1) is 11.3 Å². The minimum atomic E-state index is -0.368. The van der Waals surface area contributed by atoms with Crippen molar-refractivity contribution in [2.75, 3.05) is 14.1 Å². The summed E-state index contributed by atoms with van der Waals surface area (Å²) in [5.41, 5.74) is 0.735. The number of aromatic nitrogens is 2. The van der Waals surface area contributed by atoms with Gasteiger partial charge in [-0.2, -0.15) is 0 Å². The fourth-order valence-corrected chi connectivity index (χ4v) is 3.79. The highest BCUT2D eigenvalue weighted by Gasteiger charge is 2.19. The molecule has 1 amide bonds. The minimum Gasteiger partial charge on any atom is -0.347 e. The number of carbonyl (C=O) groups is 1. The number of thiophene rings is 1. The molecule has 3 aromatic rings. The number of aryl methyl sites for hydroxylation is 1. The average Bonchev–Trinajstić information content (AvgIpc) is 2.90. The number of fused-ring (bicyclic) bond motifs is 1. The Hall–Kier alpha value is -2.58.